The Balaban J connectivity index is 3.47. The lowest BCUT2D eigenvalue weighted by Crippen LogP contribution is -2.40. The van der Waals surface area contributed by atoms with E-state index in [4.69, 9.17) is 14.2 Å². The van der Waals surface area contributed by atoms with Gasteiger partial charge in [-0.1, -0.05) is 15.9 Å². The normalized spacial score (nSPS) is 13.8. The van der Waals surface area contributed by atoms with Gasteiger partial charge in [-0.3, -0.25) is 0 Å². The molecule has 0 aromatic heterocycles. The first-order valence-corrected chi connectivity index (χ1v) is 6.40. The number of hydrogen-bond donors (Lipinski definition) is 0. The van der Waals surface area contributed by atoms with Gasteiger partial charge in [0.15, 0.2) is 0 Å². The molecule has 1 rings (SSSR count). The monoisotopic (exact) mass is 378 g/mol. The first-order chi connectivity index (χ1) is 9.60. The van der Waals surface area contributed by atoms with Crippen molar-refractivity contribution in [1.82, 2.24) is 0 Å². The maximum Gasteiger partial charge on any atom is 0.454 e. The average molecular weight is 379 g/mol. The van der Waals surface area contributed by atoms with Crippen LogP contribution in [0.2, 0.25) is 0 Å². The quantitative estimate of drug-likeness (QED) is 0.563. The molecule has 0 spiro atoms. The predicted molar refractivity (Wildman–Crippen MR) is 68.8 cm³/mol. The molecule has 1 aromatic carbocycles. The van der Waals surface area contributed by atoms with Crippen LogP contribution in [0.4, 0.5) is 22.0 Å². The standard InChI is InChI=1S/C12H12BrF5O3/c1-19-6-4-7(20-2)9(8(5-6)21-3)10(13)11(14,15)12(16,17)18/h4-5,10H,1-3H3. The Morgan fingerprint density at radius 2 is 1.33 bits per heavy atom. The zero-order chi connectivity index (χ0) is 16.4. The maximum atomic E-state index is 13.5. The molecule has 9 heteroatoms. The fraction of sp³-hybridized carbons (Fsp3) is 0.500. The Morgan fingerprint density at radius 1 is 0.905 bits per heavy atom. The Bertz CT molecular complexity index is 479. The molecule has 3 nitrogen and oxygen atoms in total. The van der Waals surface area contributed by atoms with Gasteiger partial charge in [0.25, 0.3) is 0 Å². The van der Waals surface area contributed by atoms with Gasteiger partial charge in [-0.2, -0.15) is 22.0 Å². The highest BCUT2D eigenvalue weighted by molar-refractivity contribution is 9.09. The van der Waals surface area contributed by atoms with Crippen LogP contribution in [-0.4, -0.2) is 33.4 Å². The number of methoxy groups -OCH3 is 3. The smallest absolute Gasteiger partial charge is 0.454 e. The lowest BCUT2D eigenvalue weighted by molar-refractivity contribution is -0.281. The van der Waals surface area contributed by atoms with Gasteiger partial charge < -0.3 is 14.2 Å². The molecular formula is C12H12BrF5O3. The van der Waals surface area contributed by atoms with Crippen LogP contribution < -0.4 is 14.2 Å². The molecule has 1 unspecified atom stereocenters. The highest BCUT2D eigenvalue weighted by Crippen LogP contribution is 2.53. The summed E-state index contributed by atoms with van der Waals surface area (Å²) >= 11 is 2.40. The van der Waals surface area contributed by atoms with E-state index in [-0.39, 0.29) is 17.2 Å². The molecule has 0 amide bonds. The van der Waals surface area contributed by atoms with Crippen LogP contribution in [0.5, 0.6) is 17.2 Å². The molecule has 0 N–H and O–H groups in total. The molecule has 0 bridgehead atoms. The lowest BCUT2D eigenvalue weighted by Gasteiger charge is -2.27. The van der Waals surface area contributed by atoms with Crippen LogP contribution in [0, 0.1) is 0 Å². The first kappa shape index (κ1) is 17.8. The van der Waals surface area contributed by atoms with Gasteiger partial charge in [0.1, 0.15) is 22.1 Å². The largest absolute Gasteiger partial charge is 0.496 e. The van der Waals surface area contributed by atoms with E-state index in [2.05, 4.69) is 15.9 Å². The summed E-state index contributed by atoms with van der Waals surface area (Å²) < 4.78 is 79.2. The second-order valence-corrected chi connectivity index (χ2v) is 4.84. The maximum absolute atomic E-state index is 13.5. The third-order valence-corrected chi connectivity index (χ3v) is 3.74. The molecule has 0 fully saturated rings. The summed E-state index contributed by atoms with van der Waals surface area (Å²) in [5, 5.41) is 0. The van der Waals surface area contributed by atoms with Crippen LogP contribution in [0.15, 0.2) is 12.1 Å². The van der Waals surface area contributed by atoms with Gasteiger partial charge in [-0.05, 0) is 0 Å². The molecule has 21 heavy (non-hydrogen) atoms. The zero-order valence-electron chi connectivity index (χ0n) is 11.2. The Labute approximate surface area is 126 Å². The second kappa shape index (κ2) is 6.25. The average Bonchev–Trinajstić information content (AvgIpc) is 2.43. The Kier molecular flexibility index (Phi) is 5.30. The summed E-state index contributed by atoms with van der Waals surface area (Å²) in [5.41, 5.74) is -0.455. The summed E-state index contributed by atoms with van der Waals surface area (Å²) in [6.07, 6.45) is -5.73. The minimum absolute atomic E-state index is 0.197. The minimum atomic E-state index is -5.73. The summed E-state index contributed by atoms with van der Waals surface area (Å²) in [6.45, 7) is 0. The van der Waals surface area contributed by atoms with Crippen molar-refractivity contribution < 1.29 is 36.2 Å². The fourth-order valence-corrected chi connectivity index (χ4v) is 2.32. The summed E-state index contributed by atoms with van der Waals surface area (Å²) in [5.74, 6) is -5.24. The van der Waals surface area contributed by atoms with E-state index >= 15 is 0 Å². The number of halogens is 6. The third-order valence-electron chi connectivity index (χ3n) is 2.70. The fourth-order valence-electron chi connectivity index (χ4n) is 1.61. The van der Waals surface area contributed by atoms with Crippen LogP contribution in [0.3, 0.4) is 0 Å². The molecule has 0 radical (unpaired) electrons. The molecule has 1 atom stereocenters. The summed E-state index contributed by atoms with van der Waals surface area (Å²) in [7, 11) is 3.59. The van der Waals surface area contributed by atoms with E-state index in [1.807, 2.05) is 0 Å². The van der Waals surface area contributed by atoms with Crippen molar-refractivity contribution >= 4 is 15.9 Å². The van der Waals surface area contributed by atoms with Gasteiger partial charge in [0, 0.05) is 12.1 Å². The van der Waals surface area contributed by atoms with E-state index < -0.39 is 22.5 Å². The summed E-state index contributed by atoms with van der Waals surface area (Å²) in [6, 6.07) is 2.39. The first-order valence-electron chi connectivity index (χ1n) is 5.48. The molecule has 0 aliphatic rings. The van der Waals surface area contributed by atoms with Crippen molar-refractivity contribution in [1.29, 1.82) is 0 Å². The predicted octanol–water partition coefficient (Wildman–Crippen LogP) is 4.35. The number of alkyl halides is 6. The number of rotatable bonds is 5. The van der Waals surface area contributed by atoms with E-state index in [0.717, 1.165) is 14.2 Å². The van der Waals surface area contributed by atoms with Crippen molar-refractivity contribution in [3.63, 3.8) is 0 Å². The zero-order valence-corrected chi connectivity index (χ0v) is 12.8. The van der Waals surface area contributed by atoms with Crippen LogP contribution in [-0.2, 0) is 0 Å². The molecule has 0 aliphatic heterocycles. The second-order valence-electron chi connectivity index (χ2n) is 3.93. The van der Waals surface area contributed by atoms with Crippen molar-refractivity contribution in [3.05, 3.63) is 17.7 Å². The highest BCUT2D eigenvalue weighted by Gasteiger charge is 2.63. The van der Waals surface area contributed by atoms with Crippen LogP contribution in [0.1, 0.15) is 10.4 Å². The number of hydrogen-bond acceptors (Lipinski definition) is 3. The summed E-state index contributed by atoms with van der Waals surface area (Å²) in [4.78, 5) is -2.37. The van der Waals surface area contributed by atoms with Gasteiger partial charge in [-0.25, -0.2) is 0 Å². The van der Waals surface area contributed by atoms with Crippen molar-refractivity contribution in [2.75, 3.05) is 21.3 Å². The number of ether oxygens (including phenoxy) is 3. The SMILES string of the molecule is COc1cc(OC)c(C(Br)C(F)(F)C(F)(F)F)c(OC)c1. The molecule has 0 saturated heterocycles. The Hall–Kier alpha value is -1.25. The molecule has 0 heterocycles. The third kappa shape index (κ3) is 3.33. The van der Waals surface area contributed by atoms with Gasteiger partial charge in [0.05, 0.1) is 26.9 Å². The van der Waals surface area contributed by atoms with Gasteiger partial charge >= 0.3 is 12.1 Å². The Morgan fingerprint density at radius 3 is 1.62 bits per heavy atom. The van der Waals surface area contributed by atoms with Crippen molar-refractivity contribution in [2.24, 2.45) is 0 Å². The van der Waals surface area contributed by atoms with Crippen LogP contribution in [0.25, 0.3) is 0 Å². The highest BCUT2D eigenvalue weighted by atomic mass is 79.9. The molecular weight excluding hydrogens is 367 g/mol. The minimum Gasteiger partial charge on any atom is -0.496 e. The van der Waals surface area contributed by atoms with Gasteiger partial charge in [-0.15, -0.1) is 0 Å². The molecule has 1 aromatic rings. The van der Waals surface area contributed by atoms with E-state index in [1.165, 1.54) is 19.2 Å². The lowest BCUT2D eigenvalue weighted by atomic mass is 10.0. The van der Waals surface area contributed by atoms with Gasteiger partial charge in [0.2, 0.25) is 0 Å². The van der Waals surface area contributed by atoms with E-state index in [1.54, 1.807) is 0 Å². The molecule has 0 saturated carbocycles. The van der Waals surface area contributed by atoms with Crippen molar-refractivity contribution in [2.45, 2.75) is 16.9 Å². The van der Waals surface area contributed by atoms with E-state index in [0.29, 0.717) is 0 Å². The number of benzene rings is 1. The molecule has 120 valence electrons. The van der Waals surface area contributed by atoms with E-state index in [9.17, 15) is 22.0 Å². The van der Waals surface area contributed by atoms with Crippen molar-refractivity contribution in [3.8, 4) is 17.2 Å². The van der Waals surface area contributed by atoms with Crippen LogP contribution >= 0.6 is 15.9 Å². The topological polar surface area (TPSA) is 27.7 Å². The molecule has 0 aliphatic carbocycles.